The number of likely N-dealkylation sites (N-methyl/N-ethyl adjacent to an activating group) is 1. The van der Waals surface area contributed by atoms with Crippen LogP contribution in [0.15, 0.2) is 0 Å². The average molecular weight is 101 g/mol. The lowest BCUT2D eigenvalue weighted by atomic mass is 10.0. The first-order chi connectivity index (χ1) is 3.27. The fourth-order valence-electron chi connectivity index (χ4n) is 0.553. The van der Waals surface area contributed by atoms with Gasteiger partial charge in [0.15, 0.2) is 0 Å². The lowest BCUT2D eigenvalue weighted by molar-refractivity contribution is -0.0602. The van der Waals surface area contributed by atoms with Crippen LogP contribution in [0.4, 0.5) is 0 Å². The van der Waals surface area contributed by atoms with Gasteiger partial charge >= 0.3 is 0 Å². The second-order valence-corrected chi connectivity index (χ2v) is 2.30. The Labute approximate surface area is 43.9 Å². The Hall–Kier alpha value is -0.0800. The zero-order valence-corrected chi connectivity index (χ0v) is 4.82. The molecule has 0 spiro atoms. The van der Waals surface area contributed by atoms with Gasteiger partial charge < -0.3 is 10.1 Å². The van der Waals surface area contributed by atoms with Crippen molar-refractivity contribution in [2.24, 2.45) is 0 Å². The molecule has 0 amide bonds. The summed E-state index contributed by atoms with van der Waals surface area (Å²) in [7, 11) is 1.96. The Bertz CT molecular complexity index is 63.0. The Morgan fingerprint density at radius 1 is 1.57 bits per heavy atom. The van der Waals surface area contributed by atoms with Crippen LogP contribution in [-0.4, -0.2) is 25.8 Å². The fraction of sp³-hybridized carbons (Fsp3) is 1.00. The van der Waals surface area contributed by atoms with Crippen molar-refractivity contribution in [1.29, 1.82) is 0 Å². The van der Waals surface area contributed by atoms with Crippen molar-refractivity contribution in [2.75, 3.05) is 20.3 Å². The van der Waals surface area contributed by atoms with Gasteiger partial charge in [0.1, 0.15) is 0 Å². The summed E-state index contributed by atoms with van der Waals surface area (Å²) in [6.45, 7) is 3.88. The van der Waals surface area contributed by atoms with Gasteiger partial charge in [0.2, 0.25) is 0 Å². The summed E-state index contributed by atoms with van der Waals surface area (Å²) < 4.78 is 4.97. The van der Waals surface area contributed by atoms with Crippen LogP contribution in [0.5, 0.6) is 0 Å². The number of hydrogen-bond donors (Lipinski definition) is 1. The quantitative estimate of drug-likeness (QED) is 0.501. The smallest absolute Gasteiger partial charge is 0.0669 e. The molecule has 1 fully saturated rings. The molecule has 1 heterocycles. The summed E-state index contributed by atoms with van der Waals surface area (Å²) in [5.41, 5.74) is 0.292. The largest absolute Gasteiger partial charge is 0.377 e. The summed E-state index contributed by atoms with van der Waals surface area (Å²) in [5, 5.41) is 3.15. The van der Waals surface area contributed by atoms with Crippen molar-refractivity contribution in [3.8, 4) is 0 Å². The van der Waals surface area contributed by atoms with Crippen molar-refractivity contribution in [3.05, 3.63) is 0 Å². The van der Waals surface area contributed by atoms with Crippen molar-refractivity contribution in [1.82, 2.24) is 5.32 Å². The maximum absolute atomic E-state index is 4.97. The summed E-state index contributed by atoms with van der Waals surface area (Å²) >= 11 is 0. The van der Waals surface area contributed by atoms with E-state index in [4.69, 9.17) is 4.74 Å². The van der Waals surface area contributed by atoms with Gasteiger partial charge in [0.05, 0.1) is 18.8 Å². The molecule has 0 aromatic carbocycles. The first-order valence-corrected chi connectivity index (χ1v) is 2.53. The molecule has 0 unspecified atom stereocenters. The molecule has 1 N–H and O–H groups in total. The second-order valence-electron chi connectivity index (χ2n) is 2.30. The van der Waals surface area contributed by atoms with Crippen LogP contribution < -0.4 is 5.32 Å². The van der Waals surface area contributed by atoms with E-state index in [1.54, 1.807) is 0 Å². The lowest BCUT2D eigenvalue weighted by Crippen LogP contribution is -2.56. The number of rotatable bonds is 1. The maximum Gasteiger partial charge on any atom is 0.0669 e. The molecule has 0 saturated carbocycles. The predicted octanol–water partition coefficient (Wildman–Crippen LogP) is -0.00530. The summed E-state index contributed by atoms with van der Waals surface area (Å²) in [5.74, 6) is 0. The van der Waals surface area contributed by atoms with Gasteiger partial charge in [-0.15, -0.1) is 0 Å². The maximum atomic E-state index is 4.97. The minimum atomic E-state index is 0.292. The monoisotopic (exact) mass is 101 g/mol. The highest BCUT2D eigenvalue weighted by atomic mass is 16.5. The van der Waals surface area contributed by atoms with Crippen LogP contribution in [0.2, 0.25) is 0 Å². The van der Waals surface area contributed by atoms with Crippen molar-refractivity contribution in [2.45, 2.75) is 12.5 Å². The molecule has 42 valence electrons. The van der Waals surface area contributed by atoms with E-state index in [1.165, 1.54) is 0 Å². The van der Waals surface area contributed by atoms with Gasteiger partial charge in [-0.3, -0.25) is 0 Å². The van der Waals surface area contributed by atoms with E-state index >= 15 is 0 Å². The van der Waals surface area contributed by atoms with Crippen molar-refractivity contribution in [3.63, 3.8) is 0 Å². The third-order valence-electron chi connectivity index (χ3n) is 1.44. The van der Waals surface area contributed by atoms with Crippen LogP contribution in [0, 0.1) is 0 Å². The van der Waals surface area contributed by atoms with E-state index in [2.05, 4.69) is 12.2 Å². The normalized spacial score (nSPS) is 26.6. The Balaban J connectivity index is 2.29. The van der Waals surface area contributed by atoms with Crippen LogP contribution in [0.25, 0.3) is 0 Å². The first kappa shape index (κ1) is 5.06. The molecular weight excluding hydrogens is 90.1 g/mol. The SMILES string of the molecule is CNC1(C)COC1. The predicted molar refractivity (Wildman–Crippen MR) is 28.3 cm³/mol. The zero-order valence-electron chi connectivity index (χ0n) is 4.82. The Morgan fingerprint density at radius 2 is 2.14 bits per heavy atom. The highest BCUT2D eigenvalue weighted by molar-refractivity contribution is 4.87. The van der Waals surface area contributed by atoms with Crippen molar-refractivity contribution < 1.29 is 4.74 Å². The zero-order chi connectivity index (χ0) is 5.33. The molecule has 1 aliphatic rings. The van der Waals surface area contributed by atoms with Gasteiger partial charge in [-0.05, 0) is 14.0 Å². The molecule has 2 nitrogen and oxygen atoms in total. The minimum absolute atomic E-state index is 0.292. The highest BCUT2D eigenvalue weighted by Crippen LogP contribution is 2.13. The molecule has 0 radical (unpaired) electrons. The summed E-state index contributed by atoms with van der Waals surface area (Å²) in [6.07, 6.45) is 0. The molecular formula is C5H11NO. The molecule has 0 aromatic heterocycles. The number of hydrogen-bond acceptors (Lipinski definition) is 2. The fourth-order valence-corrected chi connectivity index (χ4v) is 0.553. The number of nitrogens with one attached hydrogen (secondary N) is 1. The second kappa shape index (κ2) is 1.46. The van der Waals surface area contributed by atoms with Crippen molar-refractivity contribution >= 4 is 0 Å². The third-order valence-corrected chi connectivity index (χ3v) is 1.44. The van der Waals surface area contributed by atoms with E-state index in [-0.39, 0.29) is 0 Å². The van der Waals surface area contributed by atoms with Crippen LogP contribution in [0.3, 0.4) is 0 Å². The first-order valence-electron chi connectivity index (χ1n) is 2.53. The molecule has 2 heteroatoms. The van der Waals surface area contributed by atoms with Crippen LogP contribution in [0.1, 0.15) is 6.92 Å². The molecule has 0 atom stereocenters. The van der Waals surface area contributed by atoms with Gasteiger partial charge in [-0.1, -0.05) is 0 Å². The van der Waals surface area contributed by atoms with Crippen LogP contribution >= 0.6 is 0 Å². The summed E-state index contributed by atoms with van der Waals surface area (Å²) in [4.78, 5) is 0. The number of ether oxygens (including phenoxy) is 1. The van der Waals surface area contributed by atoms with E-state index < -0.39 is 0 Å². The molecule has 7 heavy (non-hydrogen) atoms. The highest BCUT2D eigenvalue weighted by Gasteiger charge is 2.30. The summed E-state index contributed by atoms with van der Waals surface area (Å²) in [6, 6.07) is 0. The van der Waals surface area contributed by atoms with Gasteiger partial charge in [-0.25, -0.2) is 0 Å². The van der Waals surface area contributed by atoms with E-state index in [0.29, 0.717) is 5.54 Å². The average Bonchev–Trinajstić information content (AvgIpc) is 1.61. The molecule has 1 saturated heterocycles. The Morgan fingerprint density at radius 3 is 2.14 bits per heavy atom. The Kier molecular flexibility index (Phi) is 1.05. The molecule has 0 aromatic rings. The lowest BCUT2D eigenvalue weighted by Gasteiger charge is -2.37. The molecule has 1 aliphatic heterocycles. The van der Waals surface area contributed by atoms with E-state index in [9.17, 15) is 0 Å². The topological polar surface area (TPSA) is 21.3 Å². The molecule has 0 bridgehead atoms. The van der Waals surface area contributed by atoms with E-state index in [0.717, 1.165) is 13.2 Å². The molecule has 0 aliphatic carbocycles. The van der Waals surface area contributed by atoms with Gasteiger partial charge in [-0.2, -0.15) is 0 Å². The van der Waals surface area contributed by atoms with Crippen LogP contribution in [-0.2, 0) is 4.74 Å². The standard InChI is InChI=1S/C5H11NO/c1-5(6-2)3-7-4-5/h6H,3-4H2,1-2H3. The van der Waals surface area contributed by atoms with Gasteiger partial charge in [0, 0.05) is 0 Å². The third kappa shape index (κ3) is 0.763. The molecule has 1 rings (SSSR count). The minimum Gasteiger partial charge on any atom is -0.377 e. The van der Waals surface area contributed by atoms with Gasteiger partial charge in [0.25, 0.3) is 0 Å². The van der Waals surface area contributed by atoms with E-state index in [1.807, 2.05) is 7.05 Å².